The largest absolute Gasteiger partial charge is 0.478 e. The number of benzene rings is 1. The highest BCUT2D eigenvalue weighted by Gasteiger charge is 2.36. The number of aliphatic hydroxyl groups excluding tert-OH is 1. The zero-order chi connectivity index (χ0) is 15.1. The molecule has 2 N–H and O–H groups in total. The first-order chi connectivity index (χ1) is 9.47. The lowest BCUT2D eigenvalue weighted by Crippen LogP contribution is -2.43. The number of aliphatic carboxylic acids is 1. The Kier molecular flexibility index (Phi) is 5.67. The molecule has 0 fully saturated rings. The molecule has 7 nitrogen and oxygen atoms in total. The van der Waals surface area contributed by atoms with Gasteiger partial charge >= 0.3 is 17.9 Å². The van der Waals surface area contributed by atoms with Crippen molar-refractivity contribution in [1.29, 1.82) is 0 Å². The molecule has 0 unspecified atom stereocenters. The Morgan fingerprint density at radius 1 is 1.20 bits per heavy atom. The second-order valence-electron chi connectivity index (χ2n) is 3.73. The summed E-state index contributed by atoms with van der Waals surface area (Å²) in [4.78, 5) is 33.9. The van der Waals surface area contributed by atoms with Gasteiger partial charge in [-0.2, -0.15) is 0 Å². The molecule has 20 heavy (non-hydrogen) atoms. The Morgan fingerprint density at radius 2 is 1.80 bits per heavy atom. The fourth-order valence-corrected chi connectivity index (χ4v) is 1.36. The Morgan fingerprint density at radius 3 is 2.30 bits per heavy atom. The van der Waals surface area contributed by atoms with Gasteiger partial charge in [-0.1, -0.05) is 18.2 Å². The molecular weight excluding hydrogens is 268 g/mol. The maximum atomic E-state index is 11.7. The average Bonchev–Trinajstić information content (AvgIpc) is 2.44. The summed E-state index contributed by atoms with van der Waals surface area (Å²) in [6.45, 7) is 1.46. The van der Waals surface area contributed by atoms with Gasteiger partial charge < -0.3 is 19.7 Å². The summed E-state index contributed by atoms with van der Waals surface area (Å²) in [6, 6.07) is 7.62. The second kappa shape index (κ2) is 7.25. The van der Waals surface area contributed by atoms with Crippen molar-refractivity contribution >= 4 is 17.9 Å². The van der Waals surface area contributed by atoms with E-state index < -0.39 is 30.1 Å². The first-order valence-corrected chi connectivity index (χ1v) is 5.81. The van der Waals surface area contributed by atoms with Gasteiger partial charge in [-0.05, 0) is 19.1 Å². The topological polar surface area (TPSA) is 110 Å². The summed E-state index contributed by atoms with van der Waals surface area (Å²) in [5.41, 5.74) is 0.106. The van der Waals surface area contributed by atoms with Crippen LogP contribution >= 0.6 is 0 Å². The van der Waals surface area contributed by atoms with E-state index in [2.05, 4.69) is 9.47 Å². The van der Waals surface area contributed by atoms with Gasteiger partial charge in [-0.25, -0.2) is 14.4 Å². The van der Waals surface area contributed by atoms with Crippen LogP contribution in [0.25, 0.3) is 0 Å². The summed E-state index contributed by atoms with van der Waals surface area (Å²) in [7, 11) is 0. The fourth-order valence-electron chi connectivity index (χ4n) is 1.36. The van der Waals surface area contributed by atoms with Crippen LogP contribution in [0.3, 0.4) is 0 Å². The van der Waals surface area contributed by atoms with Crippen molar-refractivity contribution in [3.05, 3.63) is 35.9 Å². The number of hydrogen-bond acceptors (Lipinski definition) is 6. The number of aliphatic hydroxyl groups is 1. The number of carboxylic acid groups (broad SMARTS) is 1. The van der Waals surface area contributed by atoms with Crippen LogP contribution in [0.1, 0.15) is 17.3 Å². The van der Waals surface area contributed by atoms with E-state index in [9.17, 15) is 19.5 Å². The zero-order valence-electron chi connectivity index (χ0n) is 10.7. The Balaban J connectivity index is 2.80. The summed E-state index contributed by atoms with van der Waals surface area (Å²) in [6.07, 6.45) is -4.11. The molecule has 0 spiro atoms. The van der Waals surface area contributed by atoms with Gasteiger partial charge in [0.05, 0.1) is 12.2 Å². The van der Waals surface area contributed by atoms with Crippen molar-refractivity contribution < 1.29 is 34.1 Å². The van der Waals surface area contributed by atoms with E-state index in [0.29, 0.717) is 0 Å². The first kappa shape index (κ1) is 15.6. The van der Waals surface area contributed by atoms with Crippen LogP contribution in [-0.4, -0.2) is 46.9 Å². The maximum absolute atomic E-state index is 11.7. The lowest BCUT2D eigenvalue weighted by Gasteiger charge is -2.18. The summed E-state index contributed by atoms with van der Waals surface area (Å²) < 4.78 is 9.12. The van der Waals surface area contributed by atoms with Crippen LogP contribution in [-0.2, 0) is 19.1 Å². The molecule has 1 aromatic carbocycles. The normalized spacial score (nSPS) is 13.1. The Bertz CT molecular complexity index is 483. The van der Waals surface area contributed by atoms with Gasteiger partial charge in [0.15, 0.2) is 6.10 Å². The van der Waals surface area contributed by atoms with Crippen LogP contribution in [0.5, 0.6) is 0 Å². The third kappa shape index (κ3) is 4.06. The van der Waals surface area contributed by atoms with E-state index in [-0.39, 0.29) is 12.2 Å². The molecule has 2 atom stereocenters. The van der Waals surface area contributed by atoms with Crippen LogP contribution in [0, 0.1) is 0 Å². The molecule has 0 bridgehead atoms. The number of carbonyl (C=O) groups is 3. The number of carbonyl (C=O) groups excluding carboxylic acids is 2. The van der Waals surface area contributed by atoms with Crippen LogP contribution in [0.15, 0.2) is 30.3 Å². The highest BCUT2D eigenvalue weighted by atomic mass is 16.6. The molecular formula is C13H14O7. The summed E-state index contributed by atoms with van der Waals surface area (Å²) in [5.74, 6) is -3.77. The maximum Gasteiger partial charge on any atom is 0.348 e. The molecule has 0 aromatic heterocycles. The van der Waals surface area contributed by atoms with E-state index in [0.717, 1.165) is 0 Å². The number of esters is 2. The average molecular weight is 282 g/mol. The highest BCUT2D eigenvalue weighted by Crippen LogP contribution is 2.08. The molecule has 108 valence electrons. The Hall–Kier alpha value is -2.41. The summed E-state index contributed by atoms with van der Waals surface area (Å²) in [5, 5.41) is 18.5. The van der Waals surface area contributed by atoms with E-state index in [1.54, 1.807) is 18.2 Å². The number of carboxylic acids is 1. The molecule has 0 amide bonds. The number of ether oxygens (including phenoxy) is 2. The standard InChI is InChI=1S/C13H14O7/c1-2-19-13(18)9(14)10(11(15)16)20-12(17)8-6-4-3-5-7-8/h3-7,9-10,14H,2H2,1H3,(H,15,16)/t9-,10-/m1/s1. The molecule has 0 saturated carbocycles. The molecule has 0 aliphatic carbocycles. The van der Waals surface area contributed by atoms with Crippen molar-refractivity contribution in [2.24, 2.45) is 0 Å². The third-order valence-electron chi connectivity index (χ3n) is 2.30. The van der Waals surface area contributed by atoms with Gasteiger partial charge in [0.1, 0.15) is 0 Å². The number of rotatable bonds is 6. The van der Waals surface area contributed by atoms with Gasteiger partial charge in [-0.15, -0.1) is 0 Å². The molecule has 0 saturated heterocycles. The number of hydrogen-bond donors (Lipinski definition) is 2. The predicted molar refractivity (Wildman–Crippen MR) is 65.9 cm³/mol. The minimum atomic E-state index is -2.08. The van der Waals surface area contributed by atoms with Crippen LogP contribution in [0.2, 0.25) is 0 Å². The molecule has 0 aliphatic heterocycles. The fraction of sp³-hybridized carbons (Fsp3) is 0.308. The molecule has 1 aromatic rings. The van der Waals surface area contributed by atoms with Gasteiger partial charge in [-0.3, -0.25) is 0 Å². The molecule has 0 aliphatic rings. The van der Waals surface area contributed by atoms with E-state index in [4.69, 9.17) is 5.11 Å². The molecule has 0 radical (unpaired) electrons. The minimum absolute atomic E-state index is 0.0329. The molecule has 1 rings (SSSR count). The van der Waals surface area contributed by atoms with Crippen molar-refractivity contribution in [1.82, 2.24) is 0 Å². The van der Waals surface area contributed by atoms with Crippen molar-refractivity contribution in [3.8, 4) is 0 Å². The Labute approximate surface area is 114 Å². The quantitative estimate of drug-likeness (QED) is 0.718. The van der Waals surface area contributed by atoms with Gasteiger partial charge in [0, 0.05) is 0 Å². The predicted octanol–water partition coefficient (Wildman–Crippen LogP) is 0.221. The smallest absolute Gasteiger partial charge is 0.348 e. The van der Waals surface area contributed by atoms with Gasteiger partial charge in [0.25, 0.3) is 0 Å². The van der Waals surface area contributed by atoms with E-state index in [1.807, 2.05) is 0 Å². The van der Waals surface area contributed by atoms with Crippen LogP contribution < -0.4 is 0 Å². The SMILES string of the molecule is CCOC(=O)[C@H](O)[C@@H](OC(=O)c1ccccc1)C(=O)O. The molecule has 0 heterocycles. The monoisotopic (exact) mass is 282 g/mol. The van der Waals surface area contributed by atoms with E-state index >= 15 is 0 Å². The van der Waals surface area contributed by atoms with Crippen molar-refractivity contribution in [2.45, 2.75) is 19.1 Å². The lowest BCUT2D eigenvalue weighted by atomic mass is 10.2. The van der Waals surface area contributed by atoms with Gasteiger partial charge in [0.2, 0.25) is 6.10 Å². The summed E-state index contributed by atoms with van der Waals surface area (Å²) >= 11 is 0. The molecule has 7 heteroatoms. The minimum Gasteiger partial charge on any atom is -0.478 e. The third-order valence-corrected chi connectivity index (χ3v) is 2.30. The highest BCUT2D eigenvalue weighted by molar-refractivity contribution is 5.93. The lowest BCUT2D eigenvalue weighted by molar-refractivity contribution is -0.169. The van der Waals surface area contributed by atoms with Crippen molar-refractivity contribution in [3.63, 3.8) is 0 Å². The van der Waals surface area contributed by atoms with Crippen LogP contribution in [0.4, 0.5) is 0 Å². The zero-order valence-corrected chi connectivity index (χ0v) is 10.7. The second-order valence-corrected chi connectivity index (χ2v) is 3.73. The van der Waals surface area contributed by atoms with E-state index in [1.165, 1.54) is 19.1 Å². The first-order valence-electron chi connectivity index (χ1n) is 5.81. The van der Waals surface area contributed by atoms with Crippen molar-refractivity contribution in [2.75, 3.05) is 6.61 Å².